The first-order valence-corrected chi connectivity index (χ1v) is 4.60. The average molecular weight is 172 g/mol. The van der Waals surface area contributed by atoms with E-state index < -0.39 is 6.10 Å². The molecule has 0 aliphatic rings. The number of unbranched alkanes of at least 4 members (excludes halogenated alkanes) is 1. The summed E-state index contributed by atoms with van der Waals surface area (Å²) >= 11 is 0. The highest BCUT2D eigenvalue weighted by Crippen LogP contribution is 2.04. The van der Waals surface area contributed by atoms with Gasteiger partial charge in [0.2, 0.25) is 0 Å². The Hall–Kier alpha value is -0.340. The molecule has 0 saturated carbocycles. The Balaban J connectivity index is 3.30. The van der Waals surface area contributed by atoms with E-state index in [1.165, 1.54) is 0 Å². The Morgan fingerprint density at radius 2 is 2.25 bits per heavy atom. The second-order valence-corrected chi connectivity index (χ2v) is 3.09. The largest absolute Gasteiger partial charge is 0.390 e. The molecule has 0 aromatic heterocycles. The van der Waals surface area contributed by atoms with Gasteiger partial charge in [-0.25, -0.2) is 0 Å². The van der Waals surface area contributed by atoms with Crippen LogP contribution in [0.5, 0.6) is 0 Å². The lowest BCUT2D eigenvalue weighted by Gasteiger charge is -2.14. The summed E-state index contributed by atoms with van der Waals surface area (Å²) in [4.78, 5) is 0. The maximum absolute atomic E-state index is 9.42. The van der Waals surface area contributed by atoms with E-state index in [1.54, 1.807) is 6.08 Å². The van der Waals surface area contributed by atoms with Crippen molar-refractivity contribution in [2.45, 2.75) is 32.8 Å². The normalized spacial score (nSPS) is 15.6. The third-order valence-electron chi connectivity index (χ3n) is 1.91. The Morgan fingerprint density at radius 3 is 2.75 bits per heavy atom. The maximum atomic E-state index is 9.42. The van der Waals surface area contributed by atoms with Gasteiger partial charge < -0.3 is 9.84 Å². The van der Waals surface area contributed by atoms with Crippen molar-refractivity contribution in [2.75, 3.05) is 13.2 Å². The van der Waals surface area contributed by atoms with Gasteiger partial charge in [0.1, 0.15) is 0 Å². The number of aliphatic hydroxyl groups is 1. The van der Waals surface area contributed by atoms with E-state index >= 15 is 0 Å². The van der Waals surface area contributed by atoms with Gasteiger partial charge in [0, 0.05) is 12.5 Å². The molecule has 0 bridgehead atoms. The molecule has 0 aromatic rings. The molecule has 1 unspecified atom stereocenters. The van der Waals surface area contributed by atoms with Crippen LogP contribution in [0.3, 0.4) is 0 Å². The lowest BCUT2D eigenvalue weighted by Crippen LogP contribution is -2.22. The molecule has 0 aromatic carbocycles. The van der Waals surface area contributed by atoms with E-state index in [0.29, 0.717) is 6.61 Å². The third kappa shape index (κ3) is 5.33. The van der Waals surface area contributed by atoms with Crippen molar-refractivity contribution in [3.8, 4) is 0 Å². The number of rotatable bonds is 7. The quantitative estimate of drug-likeness (QED) is 0.470. The Labute approximate surface area is 75.2 Å². The molecular weight excluding hydrogens is 152 g/mol. The van der Waals surface area contributed by atoms with Gasteiger partial charge in [-0.05, 0) is 6.42 Å². The zero-order chi connectivity index (χ0) is 9.40. The van der Waals surface area contributed by atoms with Crippen LogP contribution in [0, 0.1) is 5.92 Å². The van der Waals surface area contributed by atoms with Gasteiger partial charge in [0.05, 0.1) is 12.7 Å². The van der Waals surface area contributed by atoms with Crippen LogP contribution in [-0.2, 0) is 4.74 Å². The van der Waals surface area contributed by atoms with E-state index in [4.69, 9.17) is 4.74 Å². The van der Waals surface area contributed by atoms with Crippen molar-refractivity contribution in [1.82, 2.24) is 0 Å². The molecule has 0 aliphatic heterocycles. The van der Waals surface area contributed by atoms with E-state index in [-0.39, 0.29) is 5.92 Å². The molecule has 72 valence electrons. The van der Waals surface area contributed by atoms with Gasteiger partial charge >= 0.3 is 0 Å². The minimum Gasteiger partial charge on any atom is -0.390 e. The van der Waals surface area contributed by atoms with E-state index in [9.17, 15) is 5.11 Å². The molecule has 0 aliphatic carbocycles. The first kappa shape index (κ1) is 11.7. The fourth-order valence-corrected chi connectivity index (χ4v) is 0.759. The van der Waals surface area contributed by atoms with Crippen LogP contribution in [0.1, 0.15) is 26.7 Å². The Kier molecular flexibility index (Phi) is 7.11. The molecule has 0 spiro atoms. The van der Waals surface area contributed by atoms with E-state index in [1.807, 2.05) is 6.92 Å². The summed E-state index contributed by atoms with van der Waals surface area (Å²) in [5.74, 6) is 0.117. The zero-order valence-electron chi connectivity index (χ0n) is 8.12. The van der Waals surface area contributed by atoms with E-state index in [2.05, 4.69) is 13.5 Å². The minimum absolute atomic E-state index is 0.117. The summed E-state index contributed by atoms with van der Waals surface area (Å²) in [6.45, 7) is 8.83. The van der Waals surface area contributed by atoms with Gasteiger partial charge in [0.25, 0.3) is 0 Å². The second kappa shape index (κ2) is 7.32. The fourth-order valence-electron chi connectivity index (χ4n) is 0.759. The SMILES string of the molecule is C=C[C@H](C)C(O)COCCCC. The molecule has 0 fully saturated rings. The van der Waals surface area contributed by atoms with Crippen molar-refractivity contribution in [3.63, 3.8) is 0 Å². The van der Waals surface area contributed by atoms with Crippen molar-refractivity contribution < 1.29 is 9.84 Å². The molecule has 12 heavy (non-hydrogen) atoms. The van der Waals surface area contributed by atoms with Gasteiger partial charge in [0.15, 0.2) is 0 Å². The highest BCUT2D eigenvalue weighted by atomic mass is 16.5. The Bertz CT molecular complexity index is 112. The molecular formula is C10H20O2. The van der Waals surface area contributed by atoms with Crippen molar-refractivity contribution in [3.05, 3.63) is 12.7 Å². The van der Waals surface area contributed by atoms with Crippen LogP contribution in [0.25, 0.3) is 0 Å². The topological polar surface area (TPSA) is 29.5 Å². The van der Waals surface area contributed by atoms with Gasteiger partial charge in [-0.3, -0.25) is 0 Å². The molecule has 2 heteroatoms. The van der Waals surface area contributed by atoms with Crippen molar-refractivity contribution in [1.29, 1.82) is 0 Å². The van der Waals surface area contributed by atoms with Crippen LogP contribution >= 0.6 is 0 Å². The average Bonchev–Trinajstić information content (AvgIpc) is 2.10. The van der Waals surface area contributed by atoms with Crippen molar-refractivity contribution >= 4 is 0 Å². The fraction of sp³-hybridized carbons (Fsp3) is 0.800. The monoisotopic (exact) mass is 172 g/mol. The van der Waals surface area contributed by atoms with Gasteiger partial charge in [-0.2, -0.15) is 0 Å². The molecule has 0 heterocycles. The van der Waals surface area contributed by atoms with Crippen LogP contribution in [-0.4, -0.2) is 24.4 Å². The molecule has 2 atom stereocenters. The molecule has 0 saturated heterocycles. The summed E-state index contributed by atoms with van der Waals surface area (Å²) in [5.41, 5.74) is 0. The summed E-state index contributed by atoms with van der Waals surface area (Å²) in [7, 11) is 0. The molecule has 0 rings (SSSR count). The minimum atomic E-state index is -0.403. The Morgan fingerprint density at radius 1 is 1.58 bits per heavy atom. The lowest BCUT2D eigenvalue weighted by molar-refractivity contribution is 0.0183. The predicted octanol–water partition coefficient (Wildman–Crippen LogP) is 1.99. The lowest BCUT2D eigenvalue weighted by atomic mass is 10.1. The summed E-state index contributed by atoms with van der Waals surface area (Å²) in [5, 5.41) is 9.42. The van der Waals surface area contributed by atoms with Crippen LogP contribution in [0.4, 0.5) is 0 Å². The summed E-state index contributed by atoms with van der Waals surface area (Å²) in [6, 6.07) is 0. The predicted molar refractivity (Wildman–Crippen MR) is 51.1 cm³/mol. The summed E-state index contributed by atoms with van der Waals surface area (Å²) in [6.07, 6.45) is 3.54. The summed E-state index contributed by atoms with van der Waals surface area (Å²) < 4.78 is 5.26. The zero-order valence-corrected chi connectivity index (χ0v) is 8.12. The van der Waals surface area contributed by atoms with E-state index in [0.717, 1.165) is 19.4 Å². The number of aliphatic hydroxyl groups excluding tert-OH is 1. The van der Waals surface area contributed by atoms with Crippen LogP contribution < -0.4 is 0 Å². The standard InChI is InChI=1S/C10H20O2/c1-4-6-7-12-8-10(11)9(3)5-2/h5,9-11H,2,4,6-8H2,1,3H3/t9-,10?/m0/s1. The van der Waals surface area contributed by atoms with Crippen LogP contribution in [0.15, 0.2) is 12.7 Å². The number of hydrogen-bond donors (Lipinski definition) is 1. The maximum Gasteiger partial charge on any atom is 0.0833 e. The molecule has 2 nitrogen and oxygen atoms in total. The van der Waals surface area contributed by atoms with Crippen LogP contribution in [0.2, 0.25) is 0 Å². The third-order valence-corrected chi connectivity index (χ3v) is 1.91. The second-order valence-electron chi connectivity index (χ2n) is 3.09. The smallest absolute Gasteiger partial charge is 0.0833 e. The van der Waals surface area contributed by atoms with Gasteiger partial charge in [-0.15, -0.1) is 6.58 Å². The molecule has 0 radical (unpaired) electrons. The highest BCUT2D eigenvalue weighted by Gasteiger charge is 2.09. The number of ether oxygens (including phenoxy) is 1. The first-order chi connectivity index (χ1) is 5.72. The highest BCUT2D eigenvalue weighted by molar-refractivity contribution is 4.80. The molecule has 1 N–H and O–H groups in total. The first-order valence-electron chi connectivity index (χ1n) is 4.60. The van der Waals surface area contributed by atoms with Crippen molar-refractivity contribution in [2.24, 2.45) is 5.92 Å². The van der Waals surface area contributed by atoms with Gasteiger partial charge in [-0.1, -0.05) is 26.3 Å². The number of hydrogen-bond acceptors (Lipinski definition) is 2. The molecule has 0 amide bonds.